The smallest absolute Gasteiger partial charge is 0.316 e. The van der Waals surface area contributed by atoms with E-state index >= 15 is 0 Å². The summed E-state index contributed by atoms with van der Waals surface area (Å²) in [5, 5.41) is 8.40. The lowest BCUT2D eigenvalue weighted by atomic mass is 10.5. The molecule has 16 heavy (non-hydrogen) atoms. The Morgan fingerprint density at radius 1 is 1.56 bits per heavy atom. The molecule has 2 rings (SSSR count). The van der Waals surface area contributed by atoms with E-state index in [0.29, 0.717) is 16.2 Å². The van der Waals surface area contributed by atoms with Crippen LogP contribution in [-0.2, 0) is 16.6 Å². The minimum absolute atomic E-state index is 0.194. The van der Waals surface area contributed by atoms with Crippen LogP contribution >= 0.6 is 11.8 Å². The van der Waals surface area contributed by atoms with Crippen molar-refractivity contribution >= 4 is 28.9 Å². The van der Waals surface area contributed by atoms with Gasteiger partial charge in [0, 0.05) is 7.05 Å². The fourth-order valence-electron chi connectivity index (χ4n) is 1.12. The molecule has 0 aliphatic carbocycles. The summed E-state index contributed by atoms with van der Waals surface area (Å²) in [5.74, 6) is -0.111. The number of rotatable bonds is 3. The highest BCUT2D eigenvalue weighted by molar-refractivity contribution is 8.00. The molecule has 7 nitrogen and oxygen atoms in total. The Kier molecular flexibility index (Phi) is 3.00. The summed E-state index contributed by atoms with van der Waals surface area (Å²) >= 11 is 1.25. The minimum Gasteiger partial charge on any atom is -0.468 e. The molecule has 0 spiro atoms. The molecule has 0 N–H and O–H groups in total. The van der Waals surface area contributed by atoms with E-state index in [0.717, 1.165) is 0 Å². The number of aromatic nitrogens is 5. The van der Waals surface area contributed by atoms with E-state index in [4.69, 9.17) is 0 Å². The Morgan fingerprint density at radius 3 is 3.12 bits per heavy atom. The lowest BCUT2D eigenvalue weighted by Crippen LogP contribution is -2.03. The van der Waals surface area contributed by atoms with Gasteiger partial charge in [0.1, 0.15) is 11.4 Å². The number of hydrogen-bond donors (Lipinski definition) is 0. The van der Waals surface area contributed by atoms with E-state index in [-0.39, 0.29) is 11.7 Å². The zero-order valence-corrected chi connectivity index (χ0v) is 9.56. The molecule has 0 fully saturated rings. The monoisotopic (exact) mass is 239 g/mol. The highest BCUT2D eigenvalue weighted by Gasteiger charge is 2.11. The SMILES string of the molecule is COC(=O)CSc1ncnc2c1nnn2C. The van der Waals surface area contributed by atoms with Gasteiger partial charge < -0.3 is 4.74 Å². The molecule has 2 aromatic heterocycles. The summed E-state index contributed by atoms with van der Waals surface area (Å²) in [6.45, 7) is 0. The van der Waals surface area contributed by atoms with Crippen LogP contribution in [0, 0.1) is 0 Å². The van der Waals surface area contributed by atoms with Crippen molar-refractivity contribution in [2.75, 3.05) is 12.9 Å². The van der Waals surface area contributed by atoms with Crippen molar-refractivity contribution in [2.45, 2.75) is 5.03 Å². The molecule has 0 aliphatic rings. The maximum atomic E-state index is 11.0. The second-order valence-corrected chi connectivity index (χ2v) is 3.89. The maximum absolute atomic E-state index is 11.0. The van der Waals surface area contributed by atoms with Gasteiger partial charge in [-0.25, -0.2) is 14.6 Å². The predicted octanol–water partition coefficient (Wildman–Crippen LogP) is 0.0234. The van der Waals surface area contributed by atoms with E-state index in [2.05, 4.69) is 25.0 Å². The minimum atomic E-state index is -0.305. The summed E-state index contributed by atoms with van der Waals surface area (Å²) in [5.41, 5.74) is 1.24. The van der Waals surface area contributed by atoms with Crippen molar-refractivity contribution in [2.24, 2.45) is 7.05 Å². The average molecular weight is 239 g/mol. The Hall–Kier alpha value is -1.70. The Balaban J connectivity index is 2.27. The van der Waals surface area contributed by atoms with Crippen LogP contribution in [0.3, 0.4) is 0 Å². The molecule has 0 atom stereocenters. The van der Waals surface area contributed by atoms with Crippen molar-refractivity contribution in [1.29, 1.82) is 0 Å². The van der Waals surface area contributed by atoms with Gasteiger partial charge in [-0.3, -0.25) is 4.79 Å². The molecule has 2 heterocycles. The molecule has 0 saturated carbocycles. The number of hydrogen-bond acceptors (Lipinski definition) is 7. The lowest BCUT2D eigenvalue weighted by Gasteiger charge is -1.99. The van der Waals surface area contributed by atoms with Crippen LogP contribution in [0.2, 0.25) is 0 Å². The number of aryl methyl sites for hydroxylation is 1. The largest absolute Gasteiger partial charge is 0.468 e. The molecule has 8 heteroatoms. The van der Waals surface area contributed by atoms with Gasteiger partial charge in [-0.1, -0.05) is 17.0 Å². The quantitative estimate of drug-likeness (QED) is 0.424. The number of methoxy groups -OCH3 is 1. The number of carbonyl (C=O) groups excluding carboxylic acids is 1. The second kappa shape index (κ2) is 4.44. The number of fused-ring (bicyclic) bond motifs is 1. The van der Waals surface area contributed by atoms with Gasteiger partial charge in [-0.15, -0.1) is 5.10 Å². The van der Waals surface area contributed by atoms with Gasteiger partial charge in [0.05, 0.1) is 12.9 Å². The fourth-order valence-corrected chi connectivity index (χ4v) is 1.89. The Labute approximate surface area is 95.2 Å². The van der Waals surface area contributed by atoms with Gasteiger partial charge in [0.15, 0.2) is 11.2 Å². The summed E-state index contributed by atoms with van der Waals surface area (Å²) < 4.78 is 6.10. The van der Waals surface area contributed by atoms with Gasteiger partial charge in [0.2, 0.25) is 0 Å². The van der Waals surface area contributed by atoms with Gasteiger partial charge in [-0.2, -0.15) is 0 Å². The van der Waals surface area contributed by atoms with Crippen LogP contribution in [0.5, 0.6) is 0 Å². The topological polar surface area (TPSA) is 82.8 Å². The van der Waals surface area contributed by atoms with E-state index in [1.54, 1.807) is 11.7 Å². The zero-order chi connectivity index (χ0) is 11.5. The summed E-state index contributed by atoms with van der Waals surface area (Å²) in [7, 11) is 3.10. The number of thioether (sulfide) groups is 1. The number of ether oxygens (including phenoxy) is 1. The molecule has 0 unspecified atom stereocenters. The fraction of sp³-hybridized carbons (Fsp3) is 0.375. The second-order valence-electron chi connectivity index (χ2n) is 2.93. The first-order chi connectivity index (χ1) is 7.72. The van der Waals surface area contributed by atoms with E-state index in [1.807, 2.05) is 0 Å². The molecule has 0 bridgehead atoms. The van der Waals surface area contributed by atoms with Crippen LogP contribution in [0.15, 0.2) is 11.4 Å². The highest BCUT2D eigenvalue weighted by Crippen LogP contribution is 2.21. The van der Waals surface area contributed by atoms with E-state index < -0.39 is 0 Å². The third kappa shape index (κ3) is 1.96. The van der Waals surface area contributed by atoms with Crippen LogP contribution in [0.1, 0.15) is 0 Å². The van der Waals surface area contributed by atoms with E-state index in [1.165, 1.54) is 25.2 Å². The van der Waals surface area contributed by atoms with Gasteiger partial charge in [0.25, 0.3) is 0 Å². The lowest BCUT2D eigenvalue weighted by molar-refractivity contribution is -0.137. The zero-order valence-electron chi connectivity index (χ0n) is 8.75. The first-order valence-electron chi connectivity index (χ1n) is 4.42. The number of esters is 1. The summed E-state index contributed by atoms with van der Waals surface area (Å²) in [4.78, 5) is 19.1. The molecule has 0 aromatic carbocycles. The Morgan fingerprint density at radius 2 is 2.38 bits per heavy atom. The number of carbonyl (C=O) groups is 1. The highest BCUT2D eigenvalue weighted by atomic mass is 32.2. The van der Waals surface area contributed by atoms with Crippen molar-refractivity contribution in [1.82, 2.24) is 25.0 Å². The standard InChI is InChI=1S/C8H9N5O2S/c1-13-7-6(11-12-13)8(10-4-9-7)16-3-5(14)15-2/h4H,3H2,1-2H3. The predicted molar refractivity (Wildman–Crippen MR) is 56.8 cm³/mol. The maximum Gasteiger partial charge on any atom is 0.316 e. The van der Waals surface area contributed by atoms with Crippen LogP contribution in [0.4, 0.5) is 0 Å². The molecule has 84 valence electrons. The normalized spacial score (nSPS) is 10.6. The molecule has 0 aliphatic heterocycles. The van der Waals surface area contributed by atoms with Gasteiger partial charge >= 0.3 is 5.97 Å². The number of nitrogens with zero attached hydrogens (tertiary/aromatic N) is 5. The third-order valence-electron chi connectivity index (χ3n) is 1.91. The Bertz CT molecular complexity index is 526. The molecule has 0 radical (unpaired) electrons. The first-order valence-corrected chi connectivity index (χ1v) is 5.41. The molecule has 2 aromatic rings. The van der Waals surface area contributed by atoms with Crippen LogP contribution < -0.4 is 0 Å². The van der Waals surface area contributed by atoms with E-state index in [9.17, 15) is 4.79 Å². The molecular formula is C8H9N5O2S. The van der Waals surface area contributed by atoms with Crippen molar-refractivity contribution in [3.63, 3.8) is 0 Å². The van der Waals surface area contributed by atoms with Crippen molar-refractivity contribution in [3.05, 3.63) is 6.33 Å². The molecular weight excluding hydrogens is 230 g/mol. The average Bonchev–Trinajstić information content (AvgIpc) is 2.69. The van der Waals surface area contributed by atoms with Crippen molar-refractivity contribution in [3.8, 4) is 0 Å². The summed E-state index contributed by atoms with van der Waals surface area (Å²) in [6, 6.07) is 0. The van der Waals surface area contributed by atoms with Crippen LogP contribution in [-0.4, -0.2) is 43.8 Å². The molecule has 0 amide bonds. The molecule has 0 saturated heterocycles. The van der Waals surface area contributed by atoms with Gasteiger partial charge in [-0.05, 0) is 0 Å². The third-order valence-corrected chi connectivity index (χ3v) is 2.86. The van der Waals surface area contributed by atoms with Crippen LogP contribution in [0.25, 0.3) is 11.2 Å². The summed E-state index contributed by atoms with van der Waals surface area (Å²) in [6.07, 6.45) is 1.42. The van der Waals surface area contributed by atoms with Crippen molar-refractivity contribution < 1.29 is 9.53 Å². The first kappa shape index (κ1) is 10.8.